The van der Waals surface area contributed by atoms with Crippen molar-refractivity contribution in [2.45, 2.75) is 13.0 Å². The average molecular weight is 408 g/mol. The van der Waals surface area contributed by atoms with E-state index in [2.05, 4.69) is 26.6 Å². The Balaban J connectivity index is 1.69. The molecule has 0 aliphatic heterocycles. The predicted molar refractivity (Wildman–Crippen MR) is 96.5 cm³/mol. The first-order valence-electron chi connectivity index (χ1n) is 7.65. The third kappa shape index (κ3) is 6.07. The predicted octanol–water partition coefficient (Wildman–Crippen LogP) is 1.25. The molecule has 2 amide bonds. The number of pyridine rings is 1. The summed E-state index contributed by atoms with van der Waals surface area (Å²) in [6.07, 6.45) is 2.10. The number of phenols is 1. The smallest absolute Gasteiger partial charge is 0.251 e. The lowest BCUT2D eigenvalue weighted by atomic mass is 10.2. The van der Waals surface area contributed by atoms with Crippen molar-refractivity contribution in [3.05, 3.63) is 63.0 Å². The van der Waals surface area contributed by atoms with Crippen LogP contribution in [0.25, 0.3) is 0 Å². The van der Waals surface area contributed by atoms with Crippen LogP contribution in [0.2, 0.25) is 0 Å². The van der Waals surface area contributed by atoms with E-state index in [0.29, 0.717) is 25.1 Å². The minimum Gasteiger partial charge on any atom is -0.508 e. The van der Waals surface area contributed by atoms with E-state index in [4.69, 9.17) is 0 Å². The van der Waals surface area contributed by atoms with E-state index in [1.807, 2.05) is 0 Å². The normalized spacial score (nSPS) is 10.3. The highest BCUT2D eigenvalue weighted by atomic mass is 79.9. The Labute approximate surface area is 152 Å². The molecule has 2 rings (SSSR count). The van der Waals surface area contributed by atoms with Gasteiger partial charge in [-0.15, -0.1) is 0 Å². The number of nitrogens with one attached hydrogen (secondary N) is 2. The van der Waals surface area contributed by atoms with Crippen molar-refractivity contribution in [1.29, 1.82) is 0 Å². The van der Waals surface area contributed by atoms with Gasteiger partial charge in [-0.1, -0.05) is 6.07 Å². The Bertz CT molecular complexity index is 820. The molecule has 8 heteroatoms. The van der Waals surface area contributed by atoms with Crippen molar-refractivity contribution in [1.82, 2.24) is 15.2 Å². The molecule has 7 nitrogen and oxygen atoms in total. The lowest BCUT2D eigenvalue weighted by Gasteiger charge is -2.08. The van der Waals surface area contributed by atoms with Crippen molar-refractivity contribution in [2.75, 3.05) is 13.1 Å². The summed E-state index contributed by atoms with van der Waals surface area (Å²) in [6, 6.07) is 9.07. The molecule has 0 aliphatic rings. The summed E-state index contributed by atoms with van der Waals surface area (Å²) in [7, 11) is 0. The molecule has 25 heavy (non-hydrogen) atoms. The monoisotopic (exact) mass is 407 g/mol. The summed E-state index contributed by atoms with van der Waals surface area (Å²) < 4.78 is 2.03. The Kier molecular flexibility index (Phi) is 6.76. The molecule has 1 heterocycles. The number of nitrogens with zero attached hydrogens (tertiary/aromatic N) is 1. The zero-order valence-corrected chi connectivity index (χ0v) is 15.0. The van der Waals surface area contributed by atoms with Crippen LogP contribution in [0.4, 0.5) is 0 Å². The van der Waals surface area contributed by atoms with E-state index in [0.717, 1.165) is 4.47 Å². The van der Waals surface area contributed by atoms with E-state index in [1.165, 1.54) is 22.8 Å². The molecule has 0 aliphatic carbocycles. The van der Waals surface area contributed by atoms with E-state index in [1.54, 1.807) is 24.4 Å². The highest BCUT2D eigenvalue weighted by Gasteiger charge is 2.06. The average Bonchev–Trinajstić information content (AvgIpc) is 2.57. The van der Waals surface area contributed by atoms with E-state index in [-0.39, 0.29) is 29.7 Å². The number of aromatic nitrogens is 1. The minimum absolute atomic E-state index is 0.0303. The number of phenolic OH excluding ortho intramolecular Hbond substituents is 1. The lowest BCUT2D eigenvalue weighted by Crippen LogP contribution is -2.34. The number of halogens is 1. The van der Waals surface area contributed by atoms with Crippen molar-refractivity contribution in [2.24, 2.45) is 0 Å². The van der Waals surface area contributed by atoms with Crippen LogP contribution < -0.4 is 16.2 Å². The van der Waals surface area contributed by atoms with Gasteiger partial charge in [0.25, 0.3) is 11.5 Å². The number of rotatable bonds is 7. The highest BCUT2D eigenvalue weighted by molar-refractivity contribution is 9.10. The summed E-state index contributed by atoms with van der Waals surface area (Å²) in [5.74, 6) is -0.537. The van der Waals surface area contributed by atoms with E-state index < -0.39 is 0 Å². The molecule has 2 aromatic rings. The molecule has 0 saturated heterocycles. The van der Waals surface area contributed by atoms with E-state index in [9.17, 15) is 19.5 Å². The van der Waals surface area contributed by atoms with Crippen LogP contribution in [-0.4, -0.2) is 34.6 Å². The fourth-order valence-corrected chi connectivity index (χ4v) is 2.48. The zero-order chi connectivity index (χ0) is 18.2. The van der Waals surface area contributed by atoms with Gasteiger partial charge in [-0.2, -0.15) is 0 Å². The summed E-state index contributed by atoms with van der Waals surface area (Å²) in [5, 5.41) is 14.7. The lowest BCUT2D eigenvalue weighted by molar-refractivity contribution is -0.121. The molecule has 0 atom stereocenters. The molecule has 0 radical (unpaired) electrons. The molecular formula is C17H18BrN3O4. The molecular weight excluding hydrogens is 390 g/mol. The van der Waals surface area contributed by atoms with Gasteiger partial charge in [0.1, 0.15) is 12.3 Å². The molecule has 132 valence electrons. The van der Waals surface area contributed by atoms with E-state index >= 15 is 0 Å². The summed E-state index contributed by atoms with van der Waals surface area (Å²) in [5.41, 5.74) is 0.120. The van der Waals surface area contributed by atoms with Gasteiger partial charge in [0, 0.05) is 35.4 Å². The molecule has 0 unspecified atom stereocenters. The number of benzene rings is 1. The van der Waals surface area contributed by atoms with Gasteiger partial charge in [-0.3, -0.25) is 14.4 Å². The summed E-state index contributed by atoms with van der Waals surface area (Å²) in [6.45, 7) is 0.696. The second kappa shape index (κ2) is 9.03. The molecule has 3 N–H and O–H groups in total. The quantitative estimate of drug-likeness (QED) is 0.601. The van der Waals surface area contributed by atoms with Gasteiger partial charge < -0.3 is 20.3 Å². The molecule has 0 saturated carbocycles. The first kappa shape index (κ1) is 18.7. The third-order valence-electron chi connectivity index (χ3n) is 3.33. The van der Waals surface area contributed by atoms with Gasteiger partial charge >= 0.3 is 0 Å². The number of carbonyl (C=O) groups is 2. The van der Waals surface area contributed by atoms with Crippen LogP contribution in [-0.2, 0) is 11.3 Å². The fourth-order valence-electron chi connectivity index (χ4n) is 2.10. The van der Waals surface area contributed by atoms with Crippen LogP contribution in [0.1, 0.15) is 16.8 Å². The topological polar surface area (TPSA) is 100 Å². The van der Waals surface area contributed by atoms with Crippen molar-refractivity contribution in [3.8, 4) is 5.75 Å². The molecule has 1 aromatic carbocycles. The van der Waals surface area contributed by atoms with Crippen molar-refractivity contribution < 1.29 is 14.7 Å². The van der Waals surface area contributed by atoms with Gasteiger partial charge in [0.2, 0.25) is 5.91 Å². The molecule has 0 spiro atoms. The maximum Gasteiger partial charge on any atom is 0.251 e. The largest absolute Gasteiger partial charge is 0.508 e. The van der Waals surface area contributed by atoms with Crippen LogP contribution in [0, 0.1) is 0 Å². The number of hydrogen-bond acceptors (Lipinski definition) is 4. The second-order valence-electron chi connectivity index (χ2n) is 5.32. The van der Waals surface area contributed by atoms with Gasteiger partial charge in [0.05, 0.1) is 0 Å². The third-order valence-corrected chi connectivity index (χ3v) is 3.80. The Morgan fingerprint density at radius 3 is 2.64 bits per heavy atom. The highest BCUT2D eigenvalue weighted by Crippen LogP contribution is 2.10. The van der Waals surface area contributed by atoms with Gasteiger partial charge in [-0.05, 0) is 46.6 Å². The maximum absolute atomic E-state index is 11.9. The Morgan fingerprint density at radius 2 is 1.88 bits per heavy atom. The number of hydrogen-bond donors (Lipinski definition) is 3. The van der Waals surface area contributed by atoms with Crippen molar-refractivity contribution in [3.63, 3.8) is 0 Å². The Morgan fingerprint density at radius 1 is 1.12 bits per heavy atom. The van der Waals surface area contributed by atoms with Gasteiger partial charge in [-0.25, -0.2) is 0 Å². The fraction of sp³-hybridized carbons (Fsp3) is 0.235. The summed E-state index contributed by atoms with van der Waals surface area (Å²) >= 11 is 3.25. The molecule has 0 fully saturated rings. The Hall–Kier alpha value is -2.61. The van der Waals surface area contributed by atoms with Crippen LogP contribution in [0.5, 0.6) is 5.75 Å². The SMILES string of the molecule is O=C(Cn1cc(Br)ccc1=O)NCCCNC(=O)c1cccc(O)c1. The second-order valence-corrected chi connectivity index (χ2v) is 6.24. The molecule has 0 bridgehead atoms. The standard InChI is InChI=1S/C17H18BrN3O4/c18-13-5-6-16(24)21(10-13)11-15(23)19-7-2-8-20-17(25)12-3-1-4-14(22)9-12/h1,3-6,9-10,22H,2,7-8,11H2,(H,19,23)(H,20,25). The maximum atomic E-state index is 11.9. The van der Waals surface area contributed by atoms with Gasteiger partial charge in [0.15, 0.2) is 0 Å². The number of carbonyl (C=O) groups excluding carboxylic acids is 2. The van der Waals surface area contributed by atoms with Crippen LogP contribution >= 0.6 is 15.9 Å². The summed E-state index contributed by atoms with van der Waals surface area (Å²) in [4.78, 5) is 35.3. The first-order chi connectivity index (χ1) is 12.0. The van der Waals surface area contributed by atoms with Crippen LogP contribution in [0.15, 0.2) is 51.9 Å². The zero-order valence-electron chi connectivity index (χ0n) is 13.4. The first-order valence-corrected chi connectivity index (χ1v) is 8.45. The van der Waals surface area contributed by atoms with Crippen LogP contribution in [0.3, 0.4) is 0 Å². The number of aromatic hydroxyl groups is 1. The van der Waals surface area contributed by atoms with Crippen molar-refractivity contribution >= 4 is 27.7 Å². The molecule has 1 aromatic heterocycles. The minimum atomic E-state index is -0.289. The number of amides is 2.